The van der Waals surface area contributed by atoms with E-state index in [1.165, 1.54) is 6.92 Å². The van der Waals surface area contributed by atoms with Crippen LogP contribution in [0.25, 0.3) is 0 Å². The van der Waals surface area contributed by atoms with Gasteiger partial charge in [0.15, 0.2) is 0 Å². The molecule has 0 radical (unpaired) electrons. The summed E-state index contributed by atoms with van der Waals surface area (Å²) in [7, 11) is 0. The van der Waals surface area contributed by atoms with Crippen molar-refractivity contribution < 1.29 is 13.9 Å². The van der Waals surface area contributed by atoms with Gasteiger partial charge in [0, 0.05) is 0 Å². The Morgan fingerprint density at radius 1 is 2.00 bits per heavy atom. The molecule has 0 rings (SSSR count). The van der Waals surface area contributed by atoms with E-state index in [9.17, 15) is 9.18 Å². The fourth-order valence-electron chi connectivity index (χ4n) is 0.131. The van der Waals surface area contributed by atoms with Crippen LogP contribution >= 0.6 is 0 Å². The van der Waals surface area contributed by atoms with E-state index < -0.39 is 12.8 Å². The zero-order chi connectivity index (χ0) is 5.70. The number of carbonyl (C=O) groups is 1. The smallest absolute Gasteiger partial charge is 0.293 e. The van der Waals surface area contributed by atoms with E-state index in [4.69, 9.17) is 0 Å². The fourth-order valence-corrected chi connectivity index (χ4v) is 0.131. The van der Waals surface area contributed by atoms with E-state index in [2.05, 4.69) is 4.74 Å². The second-order valence-corrected chi connectivity index (χ2v) is 1.20. The highest BCUT2D eigenvalue weighted by atomic mass is 19.1. The van der Waals surface area contributed by atoms with Gasteiger partial charge in [-0.2, -0.15) is 0 Å². The minimum atomic E-state index is -0.612. The summed E-state index contributed by atoms with van der Waals surface area (Å²) in [4.78, 5) is 9.39. The van der Waals surface area contributed by atoms with Crippen LogP contribution in [0.5, 0.6) is 0 Å². The van der Waals surface area contributed by atoms with Crippen molar-refractivity contribution in [3.8, 4) is 0 Å². The number of ether oxygens (including phenoxy) is 1. The maximum absolute atomic E-state index is 11.3. The van der Waals surface area contributed by atoms with Crippen LogP contribution < -0.4 is 0 Å². The van der Waals surface area contributed by atoms with Crippen molar-refractivity contribution in [3.63, 3.8) is 0 Å². The van der Waals surface area contributed by atoms with E-state index in [0.717, 1.165) is 0 Å². The highest BCUT2D eigenvalue weighted by Gasteiger charge is 1.95. The molecule has 2 nitrogen and oxygen atoms in total. The molecule has 0 bridgehead atoms. The fraction of sp³-hybridized carbons (Fsp3) is 0.750. The van der Waals surface area contributed by atoms with Crippen molar-refractivity contribution in [2.45, 2.75) is 13.0 Å². The van der Waals surface area contributed by atoms with Crippen LogP contribution in [0.4, 0.5) is 4.39 Å². The topological polar surface area (TPSA) is 26.3 Å². The molecule has 0 heterocycles. The van der Waals surface area contributed by atoms with Crippen LogP contribution in [-0.2, 0) is 9.53 Å². The van der Waals surface area contributed by atoms with E-state index in [-0.39, 0.29) is 6.47 Å². The van der Waals surface area contributed by atoms with Crippen LogP contribution in [0.3, 0.4) is 0 Å². The molecule has 0 saturated heterocycles. The molecule has 0 aromatic heterocycles. The summed E-state index contributed by atoms with van der Waals surface area (Å²) >= 11 is 0. The Morgan fingerprint density at radius 3 is 2.71 bits per heavy atom. The normalized spacial score (nSPS) is 12.9. The Bertz CT molecular complexity index is 55.7. The predicted molar refractivity (Wildman–Crippen MR) is 22.6 cm³/mol. The SMILES string of the molecule is CC(CF)OC=O. The maximum atomic E-state index is 11.3. The van der Waals surface area contributed by atoms with Crippen LogP contribution in [0.1, 0.15) is 6.92 Å². The molecule has 0 fully saturated rings. The lowest BCUT2D eigenvalue weighted by molar-refractivity contribution is -0.133. The van der Waals surface area contributed by atoms with Gasteiger partial charge < -0.3 is 4.74 Å². The van der Waals surface area contributed by atoms with Crippen LogP contribution in [0, 0.1) is 0 Å². The first-order valence-electron chi connectivity index (χ1n) is 1.96. The summed E-state index contributed by atoms with van der Waals surface area (Å²) in [6.45, 7) is 1.11. The zero-order valence-electron chi connectivity index (χ0n) is 4.06. The van der Waals surface area contributed by atoms with Crippen molar-refractivity contribution in [2.75, 3.05) is 6.67 Å². The molecule has 0 aliphatic carbocycles. The molecular weight excluding hydrogens is 99.0 g/mol. The molecule has 0 N–H and O–H groups in total. The second kappa shape index (κ2) is 3.59. The molecule has 42 valence electrons. The van der Waals surface area contributed by atoms with Crippen LogP contribution in [-0.4, -0.2) is 19.3 Å². The number of alkyl halides is 1. The van der Waals surface area contributed by atoms with Crippen molar-refractivity contribution in [1.29, 1.82) is 0 Å². The lowest BCUT2D eigenvalue weighted by Gasteiger charge is -1.99. The largest absolute Gasteiger partial charge is 0.462 e. The molecule has 0 aromatic carbocycles. The highest BCUT2D eigenvalue weighted by Crippen LogP contribution is 1.85. The zero-order valence-corrected chi connectivity index (χ0v) is 4.06. The van der Waals surface area contributed by atoms with Crippen molar-refractivity contribution in [3.05, 3.63) is 0 Å². The summed E-state index contributed by atoms with van der Waals surface area (Å²) in [6.07, 6.45) is -0.586. The number of halogens is 1. The van der Waals surface area contributed by atoms with Gasteiger partial charge in [-0.3, -0.25) is 4.79 Å². The van der Waals surface area contributed by atoms with Crippen molar-refractivity contribution in [1.82, 2.24) is 0 Å². The number of hydrogen-bond acceptors (Lipinski definition) is 2. The Balaban J connectivity index is 2.98. The van der Waals surface area contributed by atoms with Crippen LogP contribution in [0.15, 0.2) is 0 Å². The first-order chi connectivity index (χ1) is 3.31. The van der Waals surface area contributed by atoms with Gasteiger partial charge in [0.1, 0.15) is 12.8 Å². The Kier molecular flexibility index (Phi) is 3.28. The molecular formula is C4H7FO2. The first kappa shape index (κ1) is 6.40. The first-order valence-corrected chi connectivity index (χ1v) is 1.96. The van der Waals surface area contributed by atoms with Crippen molar-refractivity contribution in [2.24, 2.45) is 0 Å². The molecule has 7 heavy (non-hydrogen) atoms. The molecule has 3 heteroatoms. The molecule has 1 unspecified atom stereocenters. The van der Waals surface area contributed by atoms with Gasteiger partial charge >= 0.3 is 0 Å². The average Bonchev–Trinajstić information content (AvgIpc) is 1.68. The van der Waals surface area contributed by atoms with E-state index in [0.29, 0.717) is 0 Å². The van der Waals surface area contributed by atoms with Gasteiger partial charge in [0.25, 0.3) is 6.47 Å². The summed E-state index contributed by atoms with van der Waals surface area (Å²) in [5.74, 6) is 0. The van der Waals surface area contributed by atoms with Gasteiger partial charge in [-0.15, -0.1) is 0 Å². The van der Waals surface area contributed by atoms with E-state index in [1.54, 1.807) is 0 Å². The maximum Gasteiger partial charge on any atom is 0.293 e. The predicted octanol–water partition coefficient (Wildman–Crippen LogP) is 0.517. The quantitative estimate of drug-likeness (QED) is 0.490. The second-order valence-electron chi connectivity index (χ2n) is 1.20. The van der Waals surface area contributed by atoms with Crippen LogP contribution in [0.2, 0.25) is 0 Å². The number of hydrogen-bond donors (Lipinski definition) is 0. The molecule has 0 aliphatic rings. The third-order valence-corrected chi connectivity index (χ3v) is 0.505. The molecule has 0 amide bonds. The van der Waals surface area contributed by atoms with E-state index >= 15 is 0 Å². The lowest BCUT2D eigenvalue weighted by Crippen LogP contribution is -2.07. The highest BCUT2D eigenvalue weighted by molar-refractivity contribution is 5.37. The summed E-state index contributed by atoms with van der Waals surface area (Å²) in [5, 5.41) is 0. The Labute approximate surface area is 41.3 Å². The molecule has 0 saturated carbocycles. The molecule has 1 atom stereocenters. The van der Waals surface area contributed by atoms with Gasteiger partial charge in [0.05, 0.1) is 0 Å². The van der Waals surface area contributed by atoms with Gasteiger partial charge in [-0.05, 0) is 6.92 Å². The lowest BCUT2D eigenvalue weighted by atomic mass is 10.5. The summed E-state index contributed by atoms with van der Waals surface area (Å²) < 4.78 is 15.4. The minimum Gasteiger partial charge on any atom is -0.462 e. The van der Waals surface area contributed by atoms with E-state index in [1.807, 2.05) is 0 Å². The third-order valence-electron chi connectivity index (χ3n) is 0.505. The molecule has 0 aliphatic heterocycles. The minimum absolute atomic E-state index is 0.240. The Morgan fingerprint density at radius 2 is 2.57 bits per heavy atom. The monoisotopic (exact) mass is 106 g/mol. The third kappa shape index (κ3) is 3.22. The summed E-state index contributed by atoms with van der Waals surface area (Å²) in [6, 6.07) is 0. The van der Waals surface area contributed by atoms with Gasteiger partial charge in [-0.1, -0.05) is 0 Å². The number of rotatable bonds is 3. The van der Waals surface area contributed by atoms with Gasteiger partial charge in [-0.25, -0.2) is 4.39 Å². The Hall–Kier alpha value is -0.600. The summed E-state index contributed by atoms with van der Waals surface area (Å²) in [5.41, 5.74) is 0. The molecule has 0 spiro atoms. The number of carbonyl (C=O) groups excluding carboxylic acids is 1. The standard InChI is InChI=1S/C4H7FO2/c1-4(2-5)7-3-6/h3-4H,2H2,1H3. The average molecular weight is 106 g/mol. The van der Waals surface area contributed by atoms with Gasteiger partial charge in [0.2, 0.25) is 0 Å². The molecule has 0 aromatic rings. The van der Waals surface area contributed by atoms with Crippen molar-refractivity contribution >= 4 is 6.47 Å².